The van der Waals surface area contributed by atoms with E-state index < -0.39 is 0 Å². The molecule has 13 heavy (non-hydrogen) atoms. The van der Waals surface area contributed by atoms with E-state index in [0.717, 1.165) is 17.1 Å². The largest absolute Gasteiger partial charge is 0.428 e. The van der Waals surface area contributed by atoms with Gasteiger partial charge in [0.25, 0.3) is 0 Å². The molecule has 0 aliphatic rings. The van der Waals surface area contributed by atoms with Crippen LogP contribution >= 0.6 is 0 Å². The molecule has 0 amide bonds. The van der Waals surface area contributed by atoms with Gasteiger partial charge in [0.05, 0.1) is 6.61 Å². The predicted molar refractivity (Wildman–Crippen MR) is 62.1 cm³/mol. The quantitative estimate of drug-likeness (QED) is 0.357. The van der Waals surface area contributed by atoms with E-state index in [2.05, 4.69) is 18.2 Å². The molecule has 80 valence electrons. The van der Waals surface area contributed by atoms with Crippen LogP contribution in [0.3, 0.4) is 0 Å². The molecule has 2 nitrogen and oxygen atoms in total. The smallest absolute Gasteiger partial charge is 0.145 e. The Balaban J connectivity index is 0. The van der Waals surface area contributed by atoms with Crippen molar-refractivity contribution >= 4 is 10.5 Å². The number of rotatable bonds is 7. The normalized spacial score (nSPS) is 9.08. The molecule has 0 aromatic carbocycles. The van der Waals surface area contributed by atoms with Crippen molar-refractivity contribution < 1.29 is 9.16 Å². The van der Waals surface area contributed by atoms with Crippen LogP contribution in [0.15, 0.2) is 12.7 Å². The third-order valence-electron chi connectivity index (χ3n) is 1.49. The summed E-state index contributed by atoms with van der Waals surface area (Å²) < 4.78 is 9.60. The van der Waals surface area contributed by atoms with Gasteiger partial charge in [-0.05, 0) is 6.42 Å². The highest BCUT2D eigenvalue weighted by Gasteiger charge is 1.83. The number of hydrogen-bond acceptors (Lipinski definition) is 2. The van der Waals surface area contributed by atoms with Gasteiger partial charge in [-0.15, -0.1) is 6.58 Å². The molecule has 0 N–H and O–H groups in total. The molecular weight excluding hydrogens is 180 g/mol. The van der Waals surface area contributed by atoms with E-state index in [9.17, 15) is 0 Å². The summed E-state index contributed by atoms with van der Waals surface area (Å²) >= 11 is 0. The maximum Gasteiger partial charge on any atom is 0.145 e. The number of ether oxygens (including phenoxy) is 1. The molecule has 0 radical (unpaired) electrons. The van der Waals surface area contributed by atoms with Gasteiger partial charge in [0.15, 0.2) is 0 Å². The van der Waals surface area contributed by atoms with Crippen molar-refractivity contribution in [1.29, 1.82) is 0 Å². The molecule has 0 heterocycles. The first kappa shape index (κ1) is 15.4. The summed E-state index contributed by atoms with van der Waals surface area (Å²) in [6.45, 7) is 7.29. The fourth-order valence-electron chi connectivity index (χ4n) is 0.791. The highest BCUT2D eigenvalue weighted by atomic mass is 28.2. The molecule has 0 unspecified atom stereocenters. The van der Waals surface area contributed by atoms with Crippen LogP contribution in [0.25, 0.3) is 0 Å². The van der Waals surface area contributed by atoms with Crippen molar-refractivity contribution in [2.24, 2.45) is 0 Å². The molecule has 0 bridgehead atoms. The van der Waals surface area contributed by atoms with Crippen LogP contribution in [0.5, 0.6) is 0 Å². The molecule has 0 aromatic rings. The Morgan fingerprint density at radius 1 is 1.31 bits per heavy atom. The Morgan fingerprint density at radius 2 is 2.00 bits per heavy atom. The molecule has 0 saturated carbocycles. The average molecular weight is 204 g/mol. The monoisotopic (exact) mass is 204 g/mol. The Morgan fingerprint density at radius 3 is 2.31 bits per heavy atom. The summed E-state index contributed by atoms with van der Waals surface area (Å²) in [5, 5.41) is 0. The molecule has 0 saturated heterocycles. The maximum absolute atomic E-state index is 5.03. The van der Waals surface area contributed by atoms with Gasteiger partial charge in [0.1, 0.15) is 10.5 Å². The van der Waals surface area contributed by atoms with Gasteiger partial charge in [-0.25, -0.2) is 0 Å². The van der Waals surface area contributed by atoms with Crippen LogP contribution in [-0.4, -0.2) is 30.8 Å². The third-order valence-corrected chi connectivity index (χ3v) is 1.89. The second-order valence-electron chi connectivity index (χ2n) is 2.80. The van der Waals surface area contributed by atoms with Gasteiger partial charge >= 0.3 is 0 Å². The maximum atomic E-state index is 5.03. The fourth-order valence-corrected chi connectivity index (χ4v) is 1.08. The Kier molecular flexibility index (Phi) is 21.1. The van der Waals surface area contributed by atoms with Gasteiger partial charge in [-0.1, -0.05) is 32.3 Å². The van der Waals surface area contributed by atoms with Crippen molar-refractivity contribution in [3.05, 3.63) is 12.7 Å². The minimum atomic E-state index is 0.653. The first-order chi connectivity index (χ1) is 6.33. The van der Waals surface area contributed by atoms with Crippen LogP contribution in [0.4, 0.5) is 0 Å². The third kappa shape index (κ3) is 24.5. The van der Waals surface area contributed by atoms with E-state index in [1.54, 1.807) is 13.2 Å². The van der Waals surface area contributed by atoms with Crippen molar-refractivity contribution in [3.8, 4) is 0 Å². The lowest BCUT2D eigenvalue weighted by Crippen LogP contribution is -1.88. The topological polar surface area (TPSA) is 18.5 Å². The van der Waals surface area contributed by atoms with Crippen molar-refractivity contribution in [1.82, 2.24) is 0 Å². The zero-order chi connectivity index (χ0) is 10.4. The van der Waals surface area contributed by atoms with E-state index in [4.69, 9.17) is 4.43 Å². The Labute approximate surface area is 85.9 Å². The van der Waals surface area contributed by atoms with Crippen molar-refractivity contribution in [2.45, 2.75) is 32.6 Å². The number of unbranched alkanes of at least 4 members (excludes halogenated alkanes) is 3. The van der Waals surface area contributed by atoms with Crippen LogP contribution in [-0.2, 0) is 9.16 Å². The molecular formula is C10H24O2Si. The predicted octanol–water partition coefficient (Wildman–Crippen LogP) is 1.68. The first-order valence-electron chi connectivity index (χ1n) is 4.92. The molecule has 0 spiro atoms. The highest BCUT2D eigenvalue weighted by Crippen LogP contribution is 1.97. The van der Waals surface area contributed by atoms with Crippen molar-refractivity contribution in [3.63, 3.8) is 0 Å². The molecule has 0 aliphatic heterocycles. The second kappa shape index (κ2) is 17.8. The lowest BCUT2D eigenvalue weighted by Gasteiger charge is -1.95. The van der Waals surface area contributed by atoms with Crippen LogP contribution in [0.1, 0.15) is 32.6 Å². The van der Waals surface area contributed by atoms with Crippen molar-refractivity contribution in [2.75, 3.05) is 20.3 Å². The molecule has 0 rings (SSSR count). The van der Waals surface area contributed by atoms with E-state index in [0.29, 0.717) is 6.61 Å². The summed E-state index contributed by atoms with van der Waals surface area (Å²) in [6, 6.07) is 0. The standard InChI is InChI=1S/C6H16OSi.C4H8O/c1-2-3-4-5-6-7-8;1-3-4-5-2/h2-6H2,1,8H3;3H,1,4H2,2H3. The molecule has 0 aliphatic carbocycles. The van der Waals surface area contributed by atoms with Gasteiger partial charge in [0, 0.05) is 13.7 Å². The average Bonchev–Trinajstić information content (AvgIpc) is 2.15. The van der Waals surface area contributed by atoms with E-state index in [1.807, 2.05) is 0 Å². The number of hydrogen-bond donors (Lipinski definition) is 0. The zero-order valence-corrected chi connectivity index (χ0v) is 11.3. The Bertz CT molecular complexity index is 81.0. The zero-order valence-electron chi connectivity index (χ0n) is 9.34. The lowest BCUT2D eigenvalue weighted by molar-refractivity contribution is 0.234. The summed E-state index contributed by atoms with van der Waals surface area (Å²) in [7, 11) is 2.55. The molecule has 3 heteroatoms. The molecule has 0 atom stereocenters. The summed E-state index contributed by atoms with van der Waals surface area (Å²) in [5.74, 6) is 0. The van der Waals surface area contributed by atoms with Gasteiger partial charge < -0.3 is 9.16 Å². The lowest BCUT2D eigenvalue weighted by atomic mass is 10.2. The first-order valence-corrected chi connectivity index (χ1v) is 5.73. The van der Waals surface area contributed by atoms with E-state index >= 15 is 0 Å². The minimum Gasteiger partial charge on any atom is -0.428 e. The SMILES string of the molecule is C=CCOC.CCCCCCO[SiH3]. The second-order valence-corrected chi connectivity index (χ2v) is 3.37. The summed E-state index contributed by atoms with van der Waals surface area (Å²) in [4.78, 5) is 0. The minimum absolute atomic E-state index is 0.653. The van der Waals surface area contributed by atoms with E-state index in [-0.39, 0.29) is 0 Å². The summed E-state index contributed by atoms with van der Waals surface area (Å²) in [5.41, 5.74) is 0. The molecule has 0 fully saturated rings. The van der Waals surface area contributed by atoms with Crippen LogP contribution < -0.4 is 0 Å². The fraction of sp³-hybridized carbons (Fsp3) is 0.800. The number of methoxy groups -OCH3 is 1. The van der Waals surface area contributed by atoms with Crippen LogP contribution in [0.2, 0.25) is 0 Å². The van der Waals surface area contributed by atoms with Gasteiger partial charge in [-0.2, -0.15) is 0 Å². The highest BCUT2D eigenvalue weighted by molar-refractivity contribution is 5.97. The van der Waals surface area contributed by atoms with Gasteiger partial charge in [0.2, 0.25) is 0 Å². The van der Waals surface area contributed by atoms with E-state index in [1.165, 1.54) is 25.7 Å². The summed E-state index contributed by atoms with van der Waals surface area (Å²) in [6.07, 6.45) is 7.00. The molecule has 0 aromatic heterocycles. The van der Waals surface area contributed by atoms with Gasteiger partial charge in [-0.3, -0.25) is 0 Å². The van der Waals surface area contributed by atoms with Crippen LogP contribution in [0, 0.1) is 0 Å². The Hall–Kier alpha value is -0.123.